The maximum atomic E-state index is 11.3. The Labute approximate surface area is 137 Å². The molecule has 23 heavy (non-hydrogen) atoms. The first-order valence-electron chi connectivity index (χ1n) is 6.93. The molecule has 1 heterocycles. The highest BCUT2D eigenvalue weighted by atomic mass is 35.5. The van der Waals surface area contributed by atoms with Crippen molar-refractivity contribution in [3.05, 3.63) is 59.5 Å². The van der Waals surface area contributed by atoms with Crippen molar-refractivity contribution >= 4 is 28.5 Å². The van der Waals surface area contributed by atoms with E-state index in [9.17, 15) is 4.79 Å². The molecular formula is C17H13ClN2O3. The van der Waals surface area contributed by atoms with Crippen LogP contribution in [0.2, 0.25) is 5.15 Å². The number of rotatable bonds is 4. The molecule has 3 aromatic rings. The third-order valence-corrected chi connectivity index (χ3v) is 3.44. The van der Waals surface area contributed by atoms with Crippen LogP contribution >= 0.6 is 11.6 Å². The van der Waals surface area contributed by atoms with Crippen LogP contribution in [-0.4, -0.2) is 15.9 Å². The van der Waals surface area contributed by atoms with Crippen LogP contribution in [0.5, 0.6) is 11.5 Å². The van der Waals surface area contributed by atoms with Crippen LogP contribution < -0.4 is 9.47 Å². The van der Waals surface area contributed by atoms with Crippen LogP contribution in [0.3, 0.4) is 0 Å². The number of esters is 1. The minimum Gasteiger partial charge on any atom is -0.485 e. The second-order valence-electron chi connectivity index (χ2n) is 4.85. The van der Waals surface area contributed by atoms with E-state index in [1.807, 2.05) is 30.3 Å². The summed E-state index contributed by atoms with van der Waals surface area (Å²) in [6.07, 6.45) is 1.35. The molecule has 0 amide bonds. The summed E-state index contributed by atoms with van der Waals surface area (Å²) in [6.45, 7) is 1.67. The monoisotopic (exact) mass is 328 g/mol. The molecule has 0 aliphatic heterocycles. The number of ether oxygens (including phenoxy) is 2. The quantitative estimate of drug-likeness (QED) is 0.414. The van der Waals surface area contributed by atoms with Crippen LogP contribution in [0.1, 0.15) is 12.5 Å². The number of nitrogens with zero attached hydrogens (tertiary/aromatic N) is 2. The van der Waals surface area contributed by atoms with Gasteiger partial charge in [-0.2, -0.15) is 0 Å². The van der Waals surface area contributed by atoms with Gasteiger partial charge in [0.1, 0.15) is 18.1 Å². The van der Waals surface area contributed by atoms with E-state index in [1.165, 1.54) is 13.3 Å². The van der Waals surface area contributed by atoms with Gasteiger partial charge in [0.15, 0.2) is 11.5 Å². The van der Waals surface area contributed by atoms with Crippen LogP contribution in [0.4, 0.5) is 0 Å². The fraction of sp³-hybridized carbons (Fsp3) is 0.118. The highest BCUT2D eigenvalue weighted by molar-refractivity contribution is 6.34. The minimum absolute atomic E-state index is 0.302. The first-order valence-corrected chi connectivity index (χ1v) is 7.30. The first-order chi connectivity index (χ1) is 11.1. The van der Waals surface area contributed by atoms with E-state index in [-0.39, 0.29) is 0 Å². The van der Waals surface area contributed by atoms with Crippen molar-refractivity contribution in [2.24, 2.45) is 0 Å². The average Bonchev–Trinajstić information content (AvgIpc) is 2.54. The van der Waals surface area contributed by atoms with Gasteiger partial charge in [0, 0.05) is 18.4 Å². The van der Waals surface area contributed by atoms with Crippen molar-refractivity contribution in [2.75, 3.05) is 0 Å². The van der Waals surface area contributed by atoms with Crippen LogP contribution in [0, 0.1) is 0 Å². The van der Waals surface area contributed by atoms with E-state index < -0.39 is 5.97 Å². The van der Waals surface area contributed by atoms with Gasteiger partial charge in [-0.3, -0.25) is 4.79 Å². The third-order valence-electron chi connectivity index (χ3n) is 3.14. The SMILES string of the molecule is CC(=O)Oc1cc2ncnc(Cl)c2cc1OCc1ccccc1. The summed E-state index contributed by atoms with van der Waals surface area (Å²) < 4.78 is 11.0. The van der Waals surface area contributed by atoms with E-state index in [2.05, 4.69) is 9.97 Å². The van der Waals surface area contributed by atoms with Crippen molar-refractivity contribution in [2.45, 2.75) is 13.5 Å². The summed E-state index contributed by atoms with van der Waals surface area (Å²) in [6, 6.07) is 13.0. The van der Waals surface area contributed by atoms with Crippen molar-refractivity contribution in [3.63, 3.8) is 0 Å². The normalized spacial score (nSPS) is 10.5. The van der Waals surface area contributed by atoms with Gasteiger partial charge in [-0.25, -0.2) is 9.97 Å². The Hall–Kier alpha value is -2.66. The number of benzene rings is 2. The highest BCUT2D eigenvalue weighted by Crippen LogP contribution is 2.34. The predicted octanol–water partition coefficient (Wildman–Crippen LogP) is 3.79. The van der Waals surface area contributed by atoms with E-state index in [4.69, 9.17) is 21.1 Å². The molecule has 0 spiro atoms. The number of carbonyl (C=O) groups excluding carboxylic acids is 1. The van der Waals surface area contributed by atoms with Gasteiger partial charge in [-0.15, -0.1) is 0 Å². The molecule has 3 rings (SSSR count). The van der Waals surface area contributed by atoms with Crippen molar-refractivity contribution in [3.8, 4) is 11.5 Å². The van der Waals surface area contributed by atoms with Gasteiger partial charge in [0.25, 0.3) is 0 Å². The van der Waals surface area contributed by atoms with Gasteiger partial charge in [0.05, 0.1) is 5.52 Å². The Morgan fingerprint density at radius 2 is 1.91 bits per heavy atom. The van der Waals surface area contributed by atoms with Crippen molar-refractivity contribution in [1.29, 1.82) is 0 Å². The number of hydrogen-bond donors (Lipinski definition) is 0. The minimum atomic E-state index is -0.436. The van der Waals surface area contributed by atoms with Crippen molar-refractivity contribution < 1.29 is 14.3 Å². The van der Waals surface area contributed by atoms with Gasteiger partial charge >= 0.3 is 5.97 Å². The zero-order chi connectivity index (χ0) is 16.2. The molecule has 0 saturated carbocycles. The molecule has 2 aromatic carbocycles. The molecule has 1 aromatic heterocycles. The lowest BCUT2D eigenvalue weighted by Gasteiger charge is -2.12. The largest absolute Gasteiger partial charge is 0.485 e. The Balaban J connectivity index is 1.98. The average molecular weight is 329 g/mol. The smallest absolute Gasteiger partial charge is 0.308 e. The molecule has 0 radical (unpaired) electrons. The summed E-state index contributed by atoms with van der Waals surface area (Å²) in [5.74, 6) is 0.276. The van der Waals surface area contributed by atoms with E-state index in [0.717, 1.165) is 5.56 Å². The lowest BCUT2D eigenvalue weighted by molar-refractivity contribution is -0.132. The Morgan fingerprint density at radius 3 is 2.65 bits per heavy atom. The molecule has 6 heteroatoms. The van der Waals surface area contributed by atoms with Gasteiger partial charge in [0.2, 0.25) is 0 Å². The van der Waals surface area contributed by atoms with E-state index in [0.29, 0.717) is 34.2 Å². The molecule has 5 nitrogen and oxygen atoms in total. The molecule has 0 unspecified atom stereocenters. The molecule has 0 N–H and O–H groups in total. The fourth-order valence-electron chi connectivity index (χ4n) is 2.12. The number of halogens is 1. The first kappa shape index (κ1) is 15.2. The Kier molecular flexibility index (Phi) is 4.39. The molecule has 0 aliphatic rings. The molecule has 0 fully saturated rings. The summed E-state index contributed by atoms with van der Waals surface area (Å²) >= 11 is 6.09. The number of aromatic nitrogens is 2. The number of fused-ring (bicyclic) bond motifs is 1. The standard InChI is InChI=1S/C17H13ClN2O3/c1-11(21)23-16-8-14-13(17(18)20-10-19-14)7-15(16)22-9-12-5-3-2-4-6-12/h2-8,10H,9H2,1H3. The second kappa shape index (κ2) is 6.62. The third kappa shape index (κ3) is 3.57. The number of hydrogen-bond acceptors (Lipinski definition) is 5. The van der Waals surface area contributed by atoms with Gasteiger partial charge < -0.3 is 9.47 Å². The molecule has 0 atom stereocenters. The zero-order valence-electron chi connectivity index (χ0n) is 12.3. The van der Waals surface area contributed by atoms with Crippen LogP contribution in [-0.2, 0) is 11.4 Å². The van der Waals surface area contributed by atoms with Gasteiger partial charge in [-0.1, -0.05) is 41.9 Å². The predicted molar refractivity (Wildman–Crippen MR) is 86.6 cm³/mol. The zero-order valence-corrected chi connectivity index (χ0v) is 13.1. The Bertz CT molecular complexity index is 853. The number of carbonyl (C=O) groups is 1. The molecule has 0 saturated heterocycles. The highest BCUT2D eigenvalue weighted by Gasteiger charge is 2.13. The maximum Gasteiger partial charge on any atom is 0.308 e. The van der Waals surface area contributed by atoms with Gasteiger partial charge in [-0.05, 0) is 11.6 Å². The Morgan fingerprint density at radius 1 is 1.13 bits per heavy atom. The van der Waals surface area contributed by atoms with Crippen LogP contribution in [0.25, 0.3) is 10.9 Å². The molecule has 0 bridgehead atoms. The van der Waals surface area contributed by atoms with E-state index >= 15 is 0 Å². The van der Waals surface area contributed by atoms with Crippen molar-refractivity contribution in [1.82, 2.24) is 9.97 Å². The molecule has 116 valence electrons. The lowest BCUT2D eigenvalue weighted by atomic mass is 10.2. The molecule has 0 aliphatic carbocycles. The topological polar surface area (TPSA) is 61.3 Å². The second-order valence-corrected chi connectivity index (χ2v) is 5.21. The summed E-state index contributed by atoms with van der Waals surface area (Å²) in [4.78, 5) is 19.4. The lowest BCUT2D eigenvalue weighted by Crippen LogP contribution is -2.05. The molecular weight excluding hydrogens is 316 g/mol. The fourth-order valence-corrected chi connectivity index (χ4v) is 2.31. The summed E-state index contributed by atoms with van der Waals surface area (Å²) in [5.41, 5.74) is 1.57. The van der Waals surface area contributed by atoms with E-state index in [1.54, 1.807) is 12.1 Å². The maximum absolute atomic E-state index is 11.3. The summed E-state index contributed by atoms with van der Waals surface area (Å²) in [5, 5.41) is 0.946. The summed E-state index contributed by atoms with van der Waals surface area (Å²) in [7, 11) is 0. The van der Waals surface area contributed by atoms with Crippen LogP contribution in [0.15, 0.2) is 48.8 Å².